The van der Waals surface area contributed by atoms with E-state index in [0.717, 1.165) is 39.3 Å². The Balaban J connectivity index is 1.55. The monoisotopic (exact) mass is 495 g/mol. The number of benzene rings is 5. The zero-order valence-electron chi connectivity index (χ0n) is 21.3. The number of aliphatic hydroxyl groups excluding tert-OH is 1. The molecule has 0 unspecified atom stereocenters. The van der Waals surface area contributed by atoms with Crippen molar-refractivity contribution in [3.8, 4) is 5.75 Å². The van der Waals surface area contributed by atoms with E-state index in [4.69, 9.17) is 0 Å². The maximum atomic E-state index is 9.79. The lowest BCUT2D eigenvalue weighted by atomic mass is 9.95. The number of rotatable bonds is 7. The Kier molecular flexibility index (Phi) is 7.10. The van der Waals surface area contributed by atoms with Gasteiger partial charge < -0.3 is 15.1 Å². The molecule has 0 aliphatic heterocycles. The third-order valence-corrected chi connectivity index (χ3v) is 6.48. The Labute approximate surface area is 223 Å². The van der Waals surface area contributed by atoms with Gasteiger partial charge in [0, 0.05) is 22.6 Å². The first-order valence-electron chi connectivity index (χ1n) is 12.5. The standard InChI is InChI=1S/C35H29NO2/c1-25-8-16-31(17-9-25)36(33-20-12-28(13-21-33)26(2)37)32-18-10-27(11-19-32)24-35(29-6-4-3-5-7-29)30-14-22-34(38)23-15-30/h3-24,37-38H,2H2,1H3. The van der Waals surface area contributed by atoms with Gasteiger partial charge in [0.15, 0.2) is 0 Å². The number of hydrogen-bond donors (Lipinski definition) is 2. The van der Waals surface area contributed by atoms with Crippen LogP contribution in [-0.2, 0) is 0 Å². The SMILES string of the molecule is C=C(O)c1ccc(N(c2ccc(C)cc2)c2ccc(C=C(c3ccccc3)c3ccc(O)cc3)cc2)cc1. The molecule has 0 heterocycles. The fraction of sp³-hybridized carbons (Fsp3) is 0.0286. The zero-order chi connectivity index (χ0) is 26.5. The number of phenols is 1. The molecule has 0 saturated heterocycles. The van der Waals surface area contributed by atoms with Crippen molar-refractivity contribution < 1.29 is 10.2 Å². The Morgan fingerprint density at radius 2 is 1.08 bits per heavy atom. The molecule has 0 fully saturated rings. The van der Waals surface area contributed by atoms with Crippen molar-refractivity contribution in [2.45, 2.75) is 6.92 Å². The van der Waals surface area contributed by atoms with E-state index in [2.05, 4.69) is 85.1 Å². The molecule has 38 heavy (non-hydrogen) atoms. The molecule has 186 valence electrons. The molecule has 5 rings (SSSR count). The molecule has 0 amide bonds. The first kappa shape index (κ1) is 24.7. The summed E-state index contributed by atoms with van der Waals surface area (Å²) in [4.78, 5) is 2.19. The Hall–Kier alpha value is -5.02. The Bertz CT molecular complexity index is 1550. The number of nitrogens with zero attached hydrogens (tertiary/aromatic N) is 1. The van der Waals surface area contributed by atoms with Crippen molar-refractivity contribution in [3.63, 3.8) is 0 Å². The minimum absolute atomic E-state index is 0.0532. The quantitative estimate of drug-likeness (QED) is 0.175. The lowest BCUT2D eigenvalue weighted by Gasteiger charge is -2.26. The first-order chi connectivity index (χ1) is 18.5. The van der Waals surface area contributed by atoms with Gasteiger partial charge in [0.2, 0.25) is 0 Å². The fourth-order valence-corrected chi connectivity index (χ4v) is 4.42. The van der Waals surface area contributed by atoms with Crippen LogP contribution in [0, 0.1) is 6.92 Å². The molecule has 3 nitrogen and oxygen atoms in total. The third-order valence-electron chi connectivity index (χ3n) is 6.48. The summed E-state index contributed by atoms with van der Waals surface area (Å²) in [5.41, 5.74) is 9.22. The summed E-state index contributed by atoms with van der Waals surface area (Å²) in [6, 6.07) is 42.2. The summed E-state index contributed by atoms with van der Waals surface area (Å²) < 4.78 is 0. The molecule has 0 aliphatic rings. The van der Waals surface area contributed by atoms with Gasteiger partial charge in [0.05, 0.1) is 0 Å². The molecule has 5 aromatic rings. The second-order valence-electron chi connectivity index (χ2n) is 9.23. The van der Waals surface area contributed by atoms with Gasteiger partial charge in [0.25, 0.3) is 0 Å². The molecule has 0 bridgehead atoms. The van der Waals surface area contributed by atoms with Crippen LogP contribution >= 0.6 is 0 Å². The van der Waals surface area contributed by atoms with Gasteiger partial charge in [-0.3, -0.25) is 0 Å². The topological polar surface area (TPSA) is 43.7 Å². The first-order valence-corrected chi connectivity index (χ1v) is 12.5. The van der Waals surface area contributed by atoms with Crippen molar-refractivity contribution in [2.24, 2.45) is 0 Å². The van der Waals surface area contributed by atoms with E-state index in [-0.39, 0.29) is 11.5 Å². The number of aromatic hydroxyl groups is 1. The third kappa shape index (κ3) is 5.53. The van der Waals surface area contributed by atoms with Crippen LogP contribution in [0.2, 0.25) is 0 Å². The average Bonchev–Trinajstić information content (AvgIpc) is 2.95. The van der Waals surface area contributed by atoms with Crippen LogP contribution in [0.4, 0.5) is 17.1 Å². The highest BCUT2D eigenvalue weighted by molar-refractivity contribution is 5.92. The van der Waals surface area contributed by atoms with Crippen LogP contribution in [0.25, 0.3) is 17.4 Å². The van der Waals surface area contributed by atoms with E-state index < -0.39 is 0 Å². The molecule has 0 atom stereocenters. The summed E-state index contributed by atoms with van der Waals surface area (Å²) in [6.45, 7) is 5.71. The van der Waals surface area contributed by atoms with E-state index in [1.54, 1.807) is 12.1 Å². The van der Waals surface area contributed by atoms with Gasteiger partial charge in [0.1, 0.15) is 11.5 Å². The molecule has 5 aromatic carbocycles. The number of aryl methyl sites for hydroxylation is 1. The van der Waals surface area contributed by atoms with Gasteiger partial charge in [-0.15, -0.1) is 0 Å². The molecule has 0 spiro atoms. The minimum Gasteiger partial charge on any atom is -0.508 e. The number of aliphatic hydroxyl groups is 1. The summed E-state index contributed by atoms with van der Waals surface area (Å²) in [5.74, 6) is 0.301. The van der Waals surface area contributed by atoms with Crippen molar-refractivity contribution in [1.29, 1.82) is 0 Å². The van der Waals surface area contributed by atoms with Gasteiger partial charge in [-0.25, -0.2) is 0 Å². The van der Waals surface area contributed by atoms with Crippen LogP contribution < -0.4 is 4.90 Å². The van der Waals surface area contributed by atoms with Crippen LogP contribution in [0.3, 0.4) is 0 Å². The predicted molar refractivity (Wildman–Crippen MR) is 159 cm³/mol. The molecule has 0 aromatic heterocycles. The normalized spacial score (nSPS) is 11.2. The van der Waals surface area contributed by atoms with Crippen molar-refractivity contribution in [1.82, 2.24) is 0 Å². The molecule has 2 N–H and O–H groups in total. The van der Waals surface area contributed by atoms with E-state index in [9.17, 15) is 10.2 Å². The zero-order valence-corrected chi connectivity index (χ0v) is 21.3. The summed E-state index contributed by atoms with van der Waals surface area (Å²) in [6.07, 6.45) is 2.17. The second kappa shape index (κ2) is 10.9. The van der Waals surface area contributed by atoms with Gasteiger partial charge in [-0.2, -0.15) is 0 Å². The number of phenolic OH excluding ortho intramolecular Hbond substituents is 1. The lowest BCUT2D eigenvalue weighted by Crippen LogP contribution is -2.10. The summed E-state index contributed by atoms with van der Waals surface area (Å²) >= 11 is 0. The summed E-state index contributed by atoms with van der Waals surface area (Å²) in [7, 11) is 0. The Morgan fingerprint density at radius 1 is 0.605 bits per heavy atom. The Morgan fingerprint density at radius 3 is 1.63 bits per heavy atom. The lowest BCUT2D eigenvalue weighted by molar-refractivity contribution is 0.475. The van der Waals surface area contributed by atoms with E-state index in [1.807, 2.05) is 54.6 Å². The minimum atomic E-state index is 0.0532. The van der Waals surface area contributed by atoms with Crippen LogP contribution in [0.15, 0.2) is 134 Å². The van der Waals surface area contributed by atoms with E-state index in [0.29, 0.717) is 5.56 Å². The van der Waals surface area contributed by atoms with E-state index in [1.165, 1.54) is 5.56 Å². The van der Waals surface area contributed by atoms with Gasteiger partial charge >= 0.3 is 0 Å². The maximum Gasteiger partial charge on any atom is 0.115 e. The smallest absolute Gasteiger partial charge is 0.115 e. The molecule has 0 aliphatic carbocycles. The van der Waals surface area contributed by atoms with Crippen LogP contribution in [0.1, 0.15) is 27.8 Å². The molecule has 0 radical (unpaired) electrons. The molecular formula is C35H29NO2. The summed E-state index contributed by atoms with van der Waals surface area (Å²) in [5, 5.41) is 19.6. The van der Waals surface area contributed by atoms with E-state index >= 15 is 0 Å². The van der Waals surface area contributed by atoms with Gasteiger partial charge in [-0.1, -0.05) is 78.9 Å². The second-order valence-corrected chi connectivity index (χ2v) is 9.23. The number of hydrogen-bond acceptors (Lipinski definition) is 3. The molecular weight excluding hydrogens is 466 g/mol. The van der Waals surface area contributed by atoms with Crippen LogP contribution in [-0.4, -0.2) is 10.2 Å². The maximum absolute atomic E-state index is 9.79. The highest BCUT2D eigenvalue weighted by Gasteiger charge is 2.13. The van der Waals surface area contributed by atoms with Gasteiger partial charge in [-0.05, 0) is 95.9 Å². The average molecular weight is 496 g/mol. The number of anilines is 3. The predicted octanol–water partition coefficient (Wildman–Crippen LogP) is 9.29. The molecule has 3 heteroatoms. The van der Waals surface area contributed by atoms with Crippen molar-refractivity contribution in [3.05, 3.63) is 162 Å². The molecule has 0 saturated carbocycles. The fourth-order valence-electron chi connectivity index (χ4n) is 4.42. The highest BCUT2D eigenvalue weighted by Crippen LogP contribution is 2.36. The largest absolute Gasteiger partial charge is 0.508 e. The van der Waals surface area contributed by atoms with Crippen molar-refractivity contribution >= 4 is 34.5 Å². The highest BCUT2D eigenvalue weighted by atomic mass is 16.3. The van der Waals surface area contributed by atoms with Crippen LogP contribution in [0.5, 0.6) is 5.75 Å². The van der Waals surface area contributed by atoms with Crippen molar-refractivity contribution in [2.75, 3.05) is 4.90 Å².